The highest BCUT2D eigenvalue weighted by molar-refractivity contribution is 5.85. The number of para-hydroxylation sites is 1. The number of benzene rings is 1. The molecule has 0 aromatic heterocycles. The minimum Gasteiger partial charge on any atom is -0.493 e. The Hall–Kier alpha value is -1.55. The van der Waals surface area contributed by atoms with E-state index in [4.69, 9.17) is 10.5 Å². The van der Waals surface area contributed by atoms with Gasteiger partial charge < -0.3 is 15.4 Å². The molecule has 1 amide bonds. The van der Waals surface area contributed by atoms with Gasteiger partial charge in [0, 0.05) is 24.2 Å². The van der Waals surface area contributed by atoms with Gasteiger partial charge in [0.1, 0.15) is 5.75 Å². The van der Waals surface area contributed by atoms with Crippen molar-refractivity contribution >= 4 is 5.91 Å². The minimum atomic E-state index is -0.0586. The van der Waals surface area contributed by atoms with Crippen LogP contribution in [0.5, 0.6) is 5.75 Å². The highest BCUT2D eigenvalue weighted by Gasteiger charge is 2.34. The summed E-state index contributed by atoms with van der Waals surface area (Å²) in [4.78, 5) is 14.9. The summed E-state index contributed by atoms with van der Waals surface area (Å²) in [6.45, 7) is 3.50. The molecule has 0 bridgehead atoms. The predicted octanol–water partition coefficient (Wildman–Crippen LogP) is 1.89. The molecule has 108 valence electrons. The van der Waals surface area contributed by atoms with Crippen molar-refractivity contribution < 1.29 is 9.53 Å². The van der Waals surface area contributed by atoms with Crippen LogP contribution in [0.1, 0.15) is 37.7 Å². The van der Waals surface area contributed by atoms with Gasteiger partial charge in [-0.05, 0) is 32.3 Å². The Morgan fingerprint density at radius 2 is 2.15 bits per heavy atom. The Morgan fingerprint density at radius 1 is 1.35 bits per heavy atom. The van der Waals surface area contributed by atoms with Gasteiger partial charge in [-0.25, -0.2) is 0 Å². The van der Waals surface area contributed by atoms with E-state index < -0.39 is 0 Å². The van der Waals surface area contributed by atoms with Crippen LogP contribution in [0.3, 0.4) is 0 Å². The van der Waals surface area contributed by atoms with Crippen molar-refractivity contribution in [3.8, 4) is 5.75 Å². The molecule has 1 fully saturated rings. The molecule has 4 nitrogen and oxygen atoms in total. The molecule has 0 spiro atoms. The van der Waals surface area contributed by atoms with Crippen molar-refractivity contribution in [2.45, 2.75) is 44.2 Å². The van der Waals surface area contributed by atoms with Crippen molar-refractivity contribution in [3.05, 3.63) is 29.8 Å². The molecule has 1 saturated heterocycles. The van der Waals surface area contributed by atoms with Crippen LogP contribution in [0.15, 0.2) is 24.3 Å². The maximum Gasteiger partial charge on any atom is 0.230 e. The first-order valence-corrected chi connectivity index (χ1v) is 7.44. The summed E-state index contributed by atoms with van der Waals surface area (Å²) in [5.41, 5.74) is 7.02. The summed E-state index contributed by atoms with van der Waals surface area (Å²) in [5, 5.41) is 0. The molecule has 0 unspecified atom stereocenters. The van der Waals surface area contributed by atoms with Gasteiger partial charge in [-0.1, -0.05) is 18.2 Å². The van der Waals surface area contributed by atoms with Crippen molar-refractivity contribution in [2.75, 3.05) is 13.2 Å². The van der Waals surface area contributed by atoms with Crippen LogP contribution < -0.4 is 10.5 Å². The van der Waals surface area contributed by atoms with Gasteiger partial charge in [-0.15, -0.1) is 0 Å². The van der Waals surface area contributed by atoms with Gasteiger partial charge in [-0.3, -0.25) is 4.79 Å². The molecule has 3 atom stereocenters. The van der Waals surface area contributed by atoms with Crippen LogP contribution in [-0.4, -0.2) is 36.0 Å². The Morgan fingerprint density at radius 3 is 2.95 bits per heavy atom. The van der Waals surface area contributed by atoms with Crippen molar-refractivity contribution in [1.29, 1.82) is 0 Å². The highest BCUT2D eigenvalue weighted by Crippen LogP contribution is 2.35. The number of fused-ring (bicyclic) bond motifs is 1. The van der Waals surface area contributed by atoms with E-state index in [1.54, 1.807) is 0 Å². The van der Waals surface area contributed by atoms with E-state index in [0.29, 0.717) is 6.61 Å². The monoisotopic (exact) mass is 274 g/mol. The fourth-order valence-electron chi connectivity index (χ4n) is 3.33. The average Bonchev–Trinajstić information content (AvgIpc) is 2.46. The Kier molecular flexibility index (Phi) is 3.66. The van der Waals surface area contributed by atoms with Gasteiger partial charge in [0.2, 0.25) is 5.91 Å². The van der Waals surface area contributed by atoms with Crippen LogP contribution in [0.25, 0.3) is 0 Å². The van der Waals surface area contributed by atoms with E-state index in [1.807, 2.05) is 29.2 Å². The number of nitrogens with two attached hydrogens (primary N) is 1. The maximum atomic E-state index is 12.9. The molecule has 20 heavy (non-hydrogen) atoms. The SMILES string of the molecule is C[C@@H]1C[C@@H](N)CCN1C(=O)[C@@H]1CCOc2ccccc21. The Bertz CT molecular complexity index is 503. The molecule has 2 aliphatic rings. The van der Waals surface area contributed by atoms with Crippen molar-refractivity contribution in [2.24, 2.45) is 5.73 Å². The van der Waals surface area contributed by atoms with Gasteiger partial charge in [-0.2, -0.15) is 0 Å². The van der Waals surface area contributed by atoms with Gasteiger partial charge in [0.25, 0.3) is 0 Å². The topological polar surface area (TPSA) is 55.6 Å². The maximum absolute atomic E-state index is 12.9. The van der Waals surface area contributed by atoms with E-state index in [1.165, 1.54) is 0 Å². The first-order valence-electron chi connectivity index (χ1n) is 7.44. The van der Waals surface area contributed by atoms with Gasteiger partial charge in [0.15, 0.2) is 0 Å². The van der Waals surface area contributed by atoms with E-state index in [0.717, 1.165) is 37.1 Å². The summed E-state index contributed by atoms with van der Waals surface area (Å²) >= 11 is 0. The summed E-state index contributed by atoms with van der Waals surface area (Å²) in [6.07, 6.45) is 2.57. The molecule has 0 saturated carbocycles. The fraction of sp³-hybridized carbons (Fsp3) is 0.562. The van der Waals surface area contributed by atoms with Crippen LogP contribution in [0, 0.1) is 0 Å². The third-order valence-electron chi connectivity index (χ3n) is 4.46. The predicted molar refractivity (Wildman–Crippen MR) is 77.7 cm³/mol. The van der Waals surface area contributed by atoms with Crippen LogP contribution >= 0.6 is 0 Å². The summed E-state index contributed by atoms with van der Waals surface area (Å²) < 4.78 is 5.64. The molecule has 1 aromatic carbocycles. The molecule has 4 heteroatoms. The second-order valence-corrected chi connectivity index (χ2v) is 5.89. The van der Waals surface area contributed by atoms with Gasteiger partial charge >= 0.3 is 0 Å². The fourth-order valence-corrected chi connectivity index (χ4v) is 3.33. The third-order valence-corrected chi connectivity index (χ3v) is 4.46. The van der Waals surface area contributed by atoms with Crippen LogP contribution in [-0.2, 0) is 4.79 Å². The molecule has 2 N–H and O–H groups in total. The van der Waals surface area contributed by atoms with Crippen molar-refractivity contribution in [3.63, 3.8) is 0 Å². The Labute approximate surface area is 119 Å². The van der Waals surface area contributed by atoms with E-state index in [-0.39, 0.29) is 23.9 Å². The van der Waals surface area contributed by atoms with Crippen molar-refractivity contribution in [1.82, 2.24) is 4.90 Å². The molecule has 0 radical (unpaired) electrons. The lowest BCUT2D eigenvalue weighted by Crippen LogP contribution is -2.50. The molecule has 2 heterocycles. The number of rotatable bonds is 1. The quantitative estimate of drug-likeness (QED) is 0.851. The molecule has 1 aromatic rings. The molecule has 0 aliphatic carbocycles. The van der Waals surface area contributed by atoms with E-state index in [9.17, 15) is 4.79 Å². The summed E-state index contributed by atoms with van der Waals surface area (Å²) in [6, 6.07) is 8.36. The number of nitrogens with zero attached hydrogens (tertiary/aromatic N) is 1. The molecule has 2 aliphatic heterocycles. The zero-order valence-electron chi connectivity index (χ0n) is 11.9. The van der Waals surface area contributed by atoms with Crippen LogP contribution in [0.2, 0.25) is 0 Å². The zero-order chi connectivity index (χ0) is 14.1. The summed E-state index contributed by atoms with van der Waals surface area (Å²) in [7, 11) is 0. The lowest BCUT2D eigenvalue weighted by Gasteiger charge is -2.39. The first kappa shape index (κ1) is 13.4. The zero-order valence-corrected chi connectivity index (χ0v) is 11.9. The average molecular weight is 274 g/mol. The summed E-state index contributed by atoms with van der Waals surface area (Å²) in [5.74, 6) is 1.04. The molecular formula is C16H22N2O2. The second kappa shape index (κ2) is 5.44. The number of amides is 1. The lowest BCUT2D eigenvalue weighted by atomic mass is 9.89. The van der Waals surface area contributed by atoms with E-state index >= 15 is 0 Å². The molecular weight excluding hydrogens is 252 g/mol. The first-order chi connectivity index (χ1) is 9.66. The smallest absolute Gasteiger partial charge is 0.230 e. The largest absolute Gasteiger partial charge is 0.493 e. The number of carbonyl (C=O) groups excluding carboxylic acids is 1. The molecule has 3 rings (SSSR count). The Balaban J connectivity index is 1.81. The number of ether oxygens (including phenoxy) is 1. The number of hydrogen-bond acceptors (Lipinski definition) is 3. The standard InChI is InChI=1S/C16H22N2O2/c1-11-10-12(17)6-8-18(11)16(19)14-7-9-20-15-5-3-2-4-13(14)15/h2-5,11-12,14H,6-10,17H2,1H3/t11-,12+,14-/m1/s1. The van der Waals surface area contributed by atoms with Gasteiger partial charge in [0.05, 0.1) is 12.5 Å². The lowest BCUT2D eigenvalue weighted by molar-refractivity contribution is -0.137. The van der Waals surface area contributed by atoms with E-state index in [2.05, 4.69) is 6.92 Å². The number of hydrogen-bond donors (Lipinski definition) is 1. The highest BCUT2D eigenvalue weighted by atomic mass is 16.5. The van der Waals surface area contributed by atoms with Crippen LogP contribution in [0.4, 0.5) is 0 Å². The number of likely N-dealkylation sites (tertiary alicyclic amines) is 1. The number of carbonyl (C=O) groups is 1. The number of piperidine rings is 1. The second-order valence-electron chi connectivity index (χ2n) is 5.89. The minimum absolute atomic E-state index is 0.0586. The third kappa shape index (κ3) is 2.40. The normalized spacial score (nSPS) is 29.5.